The molecule has 3 N–H and O–H groups in total. The lowest BCUT2D eigenvalue weighted by Gasteiger charge is -2.31. The Morgan fingerprint density at radius 1 is 1.03 bits per heavy atom. The van der Waals surface area contributed by atoms with E-state index in [1.54, 1.807) is 0 Å². The maximum atomic E-state index is 13.7. The normalized spacial score (nSPS) is 25.7. The number of sulfonamides is 1. The lowest BCUT2D eigenvalue weighted by molar-refractivity contribution is -0.120. The molecule has 2 atom stereocenters. The first-order valence-corrected chi connectivity index (χ1v) is 12.1. The maximum absolute atomic E-state index is 13.7. The van der Waals surface area contributed by atoms with Gasteiger partial charge in [0, 0.05) is 18.1 Å². The molecule has 8 heteroatoms. The highest BCUT2D eigenvalue weighted by Gasteiger charge is 2.44. The average molecular weight is 423 g/mol. The van der Waals surface area contributed by atoms with Gasteiger partial charge in [-0.25, -0.2) is 8.42 Å². The van der Waals surface area contributed by atoms with E-state index in [0.29, 0.717) is 5.69 Å². The Hall–Kier alpha value is -1.64. The molecule has 2 fully saturated rings. The predicted octanol–water partition coefficient (Wildman–Crippen LogP) is 2.14. The van der Waals surface area contributed by atoms with Gasteiger partial charge in [-0.1, -0.05) is 25.3 Å². The molecule has 1 aliphatic heterocycles. The number of aryl methyl sites for hydroxylation is 2. The zero-order chi connectivity index (χ0) is 21.2. The second-order valence-electron chi connectivity index (χ2n) is 8.63. The quantitative estimate of drug-likeness (QED) is 0.653. The first-order valence-electron chi connectivity index (χ1n) is 10.6. The molecular weight excluding hydrogens is 388 g/mol. The molecule has 0 aromatic heterocycles. The highest BCUT2D eigenvalue weighted by molar-refractivity contribution is 7.93. The van der Waals surface area contributed by atoms with Gasteiger partial charge in [0.25, 0.3) is 0 Å². The van der Waals surface area contributed by atoms with Gasteiger partial charge >= 0.3 is 0 Å². The molecule has 2 unspecified atom stereocenters. The van der Waals surface area contributed by atoms with Gasteiger partial charge in [0.15, 0.2) is 0 Å². The molecule has 1 aliphatic carbocycles. The van der Waals surface area contributed by atoms with E-state index >= 15 is 0 Å². The minimum Gasteiger partial charge on any atom is -0.352 e. The summed E-state index contributed by atoms with van der Waals surface area (Å²) in [6.45, 7) is 7.37. The Morgan fingerprint density at radius 2 is 1.59 bits per heavy atom. The van der Waals surface area contributed by atoms with Crippen molar-refractivity contribution in [1.29, 1.82) is 0 Å². The lowest BCUT2D eigenvalue weighted by atomic mass is 9.95. The van der Waals surface area contributed by atoms with Gasteiger partial charge in [-0.3, -0.25) is 20.0 Å². The van der Waals surface area contributed by atoms with Crippen LogP contribution < -0.4 is 20.5 Å². The van der Waals surface area contributed by atoms with Crippen LogP contribution in [0, 0.1) is 13.8 Å². The Labute approximate surface area is 174 Å². The number of rotatable bonds is 6. The summed E-state index contributed by atoms with van der Waals surface area (Å²) in [5.41, 5.74) is 8.52. The molecule has 1 aromatic rings. The van der Waals surface area contributed by atoms with Crippen molar-refractivity contribution >= 4 is 21.6 Å². The summed E-state index contributed by atoms with van der Waals surface area (Å²) in [6.07, 6.45) is 5.35. The van der Waals surface area contributed by atoms with Crippen LogP contribution in [0.3, 0.4) is 0 Å². The zero-order valence-electron chi connectivity index (χ0n) is 17.9. The summed E-state index contributed by atoms with van der Waals surface area (Å²) in [5, 5.41) is 2.40. The summed E-state index contributed by atoms with van der Waals surface area (Å²) in [6, 6.07) is 5.30. The van der Waals surface area contributed by atoms with Crippen molar-refractivity contribution < 1.29 is 13.2 Å². The van der Waals surface area contributed by atoms with Crippen molar-refractivity contribution in [2.24, 2.45) is 0 Å². The van der Waals surface area contributed by atoms with E-state index in [-0.39, 0.29) is 30.6 Å². The lowest BCUT2D eigenvalue weighted by Crippen LogP contribution is -2.51. The van der Waals surface area contributed by atoms with Crippen molar-refractivity contribution in [3.63, 3.8) is 0 Å². The highest BCUT2D eigenvalue weighted by Crippen LogP contribution is 2.27. The molecule has 0 spiro atoms. The molecule has 1 saturated carbocycles. The number of nitrogens with one attached hydrogen (secondary N) is 3. The summed E-state index contributed by atoms with van der Waals surface area (Å²) in [4.78, 5) is 12.8. The molecule has 162 valence electrons. The zero-order valence-corrected chi connectivity index (χ0v) is 18.7. The van der Waals surface area contributed by atoms with Gasteiger partial charge in [-0.15, -0.1) is 0 Å². The van der Waals surface area contributed by atoms with Crippen LogP contribution >= 0.6 is 0 Å². The molecule has 1 aromatic carbocycles. The van der Waals surface area contributed by atoms with Crippen molar-refractivity contribution in [3.8, 4) is 0 Å². The summed E-state index contributed by atoms with van der Waals surface area (Å²) in [5.74, 6) is -0.237. The number of hydrogen-bond donors (Lipinski definition) is 3. The highest BCUT2D eigenvalue weighted by atomic mass is 32.2. The third-order valence-corrected chi connectivity index (χ3v) is 8.39. The van der Waals surface area contributed by atoms with Gasteiger partial charge in [-0.05, 0) is 63.8 Å². The standard InChI is InChI=1S/C21H34N4O3S/c1-14-10-15(2)12-19(11-14)25(13-20(26)22-18-8-6-5-7-9-18)29(27,28)21-16(3)23-24-17(21)4/h10-12,16-18,21,23-24H,5-9,13H2,1-4H3,(H,22,26). The van der Waals surface area contributed by atoms with E-state index in [1.807, 2.05) is 45.9 Å². The first kappa shape index (κ1) is 22.1. The second-order valence-corrected chi connectivity index (χ2v) is 10.6. The van der Waals surface area contributed by atoms with Gasteiger partial charge in [0.2, 0.25) is 15.9 Å². The van der Waals surface area contributed by atoms with Gasteiger partial charge in [-0.2, -0.15) is 0 Å². The molecule has 29 heavy (non-hydrogen) atoms. The smallest absolute Gasteiger partial charge is 0.241 e. The minimum absolute atomic E-state index is 0.146. The van der Waals surface area contributed by atoms with E-state index in [9.17, 15) is 13.2 Å². The topological polar surface area (TPSA) is 90.5 Å². The number of nitrogens with zero attached hydrogens (tertiary/aromatic N) is 1. The maximum Gasteiger partial charge on any atom is 0.241 e. The summed E-state index contributed by atoms with van der Waals surface area (Å²) >= 11 is 0. The molecule has 7 nitrogen and oxygen atoms in total. The van der Waals surface area contributed by atoms with Crippen LogP contribution in [0.4, 0.5) is 5.69 Å². The molecule has 0 radical (unpaired) electrons. The van der Waals surface area contributed by atoms with Crippen LogP contribution in [0.5, 0.6) is 0 Å². The third kappa shape index (κ3) is 5.10. The van der Waals surface area contributed by atoms with E-state index in [0.717, 1.165) is 36.8 Å². The predicted molar refractivity (Wildman–Crippen MR) is 116 cm³/mol. The minimum atomic E-state index is -3.77. The first-order chi connectivity index (χ1) is 13.7. The van der Waals surface area contributed by atoms with E-state index in [4.69, 9.17) is 0 Å². The second kappa shape index (κ2) is 9.02. The van der Waals surface area contributed by atoms with Crippen LogP contribution in [-0.4, -0.2) is 44.2 Å². The number of hydrazine groups is 1. The number of anilines is 1. The molecular formula is C21H34N4O3S. The van der Waals surface area contributed by atoms with E-state index < -0.39 is 15.3 Å². The van der Waals surface area contributed by atoms with Crippen molar-refractivity contribution in [2.75, 3.05) is 10.8 Å². The van der Waals surface area contributed by atoms with Gasteiger partial charge in [0.05, 0.1) is 5.69 Å². The Morgan fingerprint density at radius 3 is 2.14 bits per heavy atom. The number of carbonyl (C=O) groups excluding carboxylic acids is 1. The largest absolute Gasteiger partial charge is 0.352 e. The fourth-order valence-electron chi connectivity index (χ4n) is 4.60. The Kier molecular flexibility index (Phi) is 6.86. The summed E-state index contributed by atoms with van der Waals surface area (Å²) < 4.78 is 28.6. The van der Waals surface area contributed by atoms with Crippen LogP contribution in [0.25, 0.3) is 0 Å². The van der Waals surface area contributed by atoms with Crippen LogP contribution in [0.15, 0.2) is 18.2 Å². The monoisotopic (exact) mass is 422 g/mol. The number of benzene rings is 1. The molecule has 0 bridgehead atoms. The molecule has 1 saturated heterocycles. The van der Waals surface area contributed by atoms with Gasteiger partial charge in [0.1, 0.15) is 11.8 Å². The Bertz CT molecular complexity index is 806. The summed E-state index contributed by atoms with van der Waals surface area (Å²) in [7, 11) is -3.77. The van der Waals surface area contributed by atoms with E-state index in [1.165, 1.54) is 10.7 Å². The van der Waals surface area contributed by atoms with Crippen molar-refractivity contribution in [1.82, 2.24) is 16.2 Å². The van der Waals surface area contributed by atoms with Crippen LogP contribution in [0.1, 0.15) is 57.1 Å². The SMILES string of the molecule is Cc1cc(C)cc(N(CC(=O)NC2CCCCC2)S(=O)(=O)C2C(C)NNC2C)c1. The fraction of sp³-hybridized carbons (Fsp3) is 0.667. The molecule has 2 aliphatic rings. The number of carbonyl (C=O) groups is 1. The van der Waals surface area contributed by atoms with Crippen LogP contribution in [-0.2, 0) is 14.8 Å². The van der Waals surface area contributed by atoms with Crippen molar-refractivity contribution in [2.45, 2.75) is 83.2 Å². The van der Waals surface area contributed by atoms with Crippen molar-refractivity contribution in [3.05, 3.63) is 29.3 Å². The van der Waals surface area contributed by atoms with E-state index in [2.05, 4.69) is 16.2 Å². The number of amides is 1. The van der Waals surface area contributed by atoms with Gasteiger partial charge < -0.3 is 5.32 Å². The average Bonchev–Trinajstić information content (AvgIpc) is 2.98. The molecule has 3 rings (SSSR count). The number of hydrogen-bond acceptors (Lipinski definition) is 5. The fourth-order valence-corrected chi connectivity index (χ4v) is 6.75. The molecule has 1 heterocycles. The molecule has 1 amide bonds. The third-order valence-electron chi connectivity index (χ3n) is 5.93. The Balaban J connectivity index is 1.90. The van der Waals surface area contributed by atoms with Crippen LogP contribution in [0.2, 0.25) is 0 Å².